The van der Waals surface area contributed by atoms with E-state index >= 15 is 0 Å². The molecule has 4 aromatic rings. The van der Waals surface area contributed by atoms with E-state index in [1.807, 2.05) is 54.6 Å². The van der Waals surface area contributed by atoms with Crippen LogP contribution in [0.3, 0.4) is 0 Å². The molecule has 20 heavy (non-hydrogen) atoms. The SMILES string of the molecule is O=c1c2cc(-c3ccccc3)sc2nc2ccccn12. The van der Waals surface area contributed by atoms with Gasteiger partial charge in [0.05, 0.1) is 5.39 Å². The maximum atomic E-state index is 12.5. The Kier molecular flexibility index (Phi) is 2.44. The zero-order valence-electron chi connectivity index (χ0n) is 10.5. The molecule has 0 N–H and O–H groups in total. The second-order valence-corrected chi connectivity index (χ2v) is 5.57. The third-order valence-electron chi connectivity index (χ3n) is 3.27. The minimum atomic E-state index is -0.0102. The first-order valence-corrected chi connectivity index (χ1v) is 7.11. The fraction of sp³-hybridized carbons (Fsp3) is 0. The van der Waals surface area contributed by atoms with Crippen LogP contribution in [-0.4, -0.2) is 9.38 Å². The maximum Gasteiger partial charge on any atom is 0.266 e. The third-order valence-corrected chi connectivity index (χ3v) is 4.35. The summed E-state index contributed by atoms with van der Waals surface area (Å²) in [5, 5.41) is 0.678. The molecule has 0 amide bonds. The third kappa shape index (κ3) is 1.66. The smallest absolute Gasteiger partial charge is 0.266 e. The Balaban J connectivity index is 2.07. The van der Waals surface area contributed by atoms with Crippen molar-refractivity contribution in [2.75, 3.05) is 0 Å². The average molecular weight is 278 g/mol. The fourth-order valence-corrected chi connectivity index (χ4v) is 3.33. The number of nitrogens with zero attached hydrogens (tertiary/aromatic N) is 2. The van der Waals surface area contributed by atoms with Gasteiger partial charge >= 0.3 is 0 Å². The first-order valence-electron chi connectivity index (χ1n) is 6.29. The summed E-state index contributed by atoms with van der Waals surface area (Å²) in [6.45, 7) is 0. The molecule has 3 aromatic heterocycles. The van der Waals surface area contributed by atoms with Crippen LogP contribution in [0.4, 0.5) is 0 Å². The molecule has 4 heteroatoms. The van der Waals surface area contributed by atoms with Gasteiger partial charge in [-0.3, -0.25) is 9.20 Å². The van der Waals surface area contributed by atoms with Crippen molar-refractivity contribution < 1.29 is 0 Å². The summed E-state index contributed by atoms with van der Waals surface area (Å²) in [5.74, 6) is 0. The summed E-state index contributed by atoms with van der Waals surface area (Å²) >= 11 is 1.55. The highest BCUT2D eigenvalue weighted by Gasteiger charge is 2.10. The highest BCUT2D eigenvalue weighted by molar-refractivity contribution is 7.21. The van der Waals surface area contributed by atoms with Crippen LogP contribution in [0.2, 0.25) is 0 Å². The highest BCUT2D eigenvalue weighted by atomic mass is 32.1. The molecule has 0 saturated carbocycles. The van der Waals surface area contributed by atoms with E-state index < -0.39 is 0 Å². The molecule has 0 atom stereocenters. The zero-order valence-corrected chi connectivity index (χ0v) is 11.3. The number of thiophene rings is 1. The van der Waals surface area contributed by atoms with Crippen LogP contribution in [0.25, 0.3) is 26.3 Å². The van der Waals surface area contributed by atoms with E-state index in [1.54, 1.807) is 21.9 Å². The first-order chi connectivity index (χ1) is 9.83. The molecule has 0 bridgehead atoms. The summed E-state index contributed by atoms with van der Waals surface area (Å²) < 4.78 is 1.59. The topological polar surface area (TPSA) is 34.4 Å². The lowest BCUT2D eigenvalue weighted by molar-refractivity contribution is 1.08. The predicted octanol–water partition coefficient (Wildman–Crippen LogP) is 3.58. The monoisotopic (exact) mass is 278 g/mol. The van der Waals surface area contributed by atoms with E-state index in [2.05, 4.69) is 4.98 Å². The number of hydrogen-bond donors (Lipinski definition) is 0. The number of aromatic nitrogens is 2. The molecular weight excluding hydrogens is 268 g/mol. The molecule has 4 rings (SSSR count). The van der Waals surface area contributed by atoms with Gasteiger partial charge in [0.25, 0.3) is 5.56 Å². The van der Waals surface area contributed by atoms with E-state index in [0.717, 1.165) is 15.3 Å². The average Bonchev–Trinajstić information content (AvgIpc) is 2.93. The quantitative estimate of drug-likeness (QED) is 0.533. The molecule has 0 aliphatic rings. The molecule has 0 spiro atoms. The van der Waals surface area contributed by atoms with Crippen molar-refractivity contribution in [2.45, 2.75) is 0 Å². The van der Waals surface area contributed by atoms with E-state index in [0.29, 0.717) is 11.0 Å². The maximum absolute atomic E-state index is 12.5. The van der Waals surface area contributed by atoms with Gasteiger partial charge in [-0.1, -0.05) is 36.4 Å². The van der Waals surface area contributed by atoms with Gasteiger partial charge in [-0.25, -0.2) is 4.98 Å². The molecule has 3 nitrogen and oxygen atoms in total. The molecule has 96 valence electrons. The molecule has 0 aliphatic heterocycles. The minimum Gasteiger partial charge on any atom is -0.268 e. The summed E-state index contributed by atoms with van der Waals surface area (Å²) in [5.41, 5.74) is 1.79. The summed E-state index contributed by atoms with van der Waals surface area (Å²) in [7, 11) is 0. The van der Waals surface area contributed by atoms with Crippen LogP contribution >= 0.6 is 11.3 Å². The zero-order chi connectivity index (χ0) is 13.5. The second kappa shape index (κ2) is 4.28. The van der Waals surface area contributed by atoms with Crippen molar-refractivity contribution in [1.82, 2.24) is 9.38 Å². The lowest BCUT2D eigenvalue weighted by atomic mass is 10.2. The van der Waals surface area contributed by atoms with Crippen molar-refractivity contribution in [3.05, 3.63) is 71.1 Å². The highest BCUT2D eigenvalue weighted by Crippen LogP contribution is 2.30. The number of rotatable bonds is 1. The van der Waals surface area contributed by atoms with Gasteiger partial charge in [0.15, 0.2) is 0 Å². The van der Waals surface area contributed by atoms with Gasteiger partial charge in [-0.05, 0) is 23.8 Å². The van der Waals surface area contributed by atoms with Crippen LogP contribution in [0.1, 0.15) is 0 Å². The van der Waals surface area contributed by atoms with Gasteiger partial charge < -0.3 is 0 Å². The van der Waals surface area contributed by atoms with Gasteiger partial charge in [0, 0.05) is 11.1 Å². The number of pyridine rings is 1. The first kappa shape index (κ1) is 11.4. The van der Waals surface area contributed by atoms with Gasteiger partial charge in [0.2, 0.25) is 0 Å². The van der Waals surface area contributed by atoms with Crippen molar-refractivity contribution in [1.29, 1.82) is 0 Å². The molecule has 0 saturated heterocycles. The van der Waals surface area contributed by atoms with Crippen LogP contribution in [-0.2, 0) is 0 Å². The Morgan fingerprint density at radius 1 is 1.00 bits per heavy atom. The Morgan fingerprint density at radius 2 is 1.80 bits per heavy atom. The molecule has 0 aliphatic carbocycles. The predicted molar refractivity (Wildman–Crippen MR) is 82.3 cm³/mol. The Morgan fingerprint density at radius 3 is 2.65 bits per heavy atom. The Hall–Kier alpha value is -2.46. The molecule has 0 fully saturated rings. The lowest BCUT2D eigenvalue weighted by Crippen LogP contribution is -2.13. The van der Waals surface area contributed by atoms with Crippen molar-refractivity contribution >= 4 is 27.2 Å². The largest absolute Gasteiger partial charge is 0.268 e. The van der Waals surface area contributed by atoms with Crippen molar-refractivity contribution in [3.8, 4) is 10.4 Å². The van der Waals surface area contributed by atoms with Crippen LogP contribution < -0.4 is 5.56 Å². The normalized spacial score (nSPS) is 11.2. The van der Waals surface area contributed by atoms with E-state index in [9.17, 15) is 4.79 Å². The second-order valence-electron chi connectivity index (χ2n) is 4.54. The van der Waals surface area contributed by atoms with Crippen LogP contribution in [0.5, 0.6) is 0 Å². The summed E-state index contributed by atoms with van der Waals surface area (Å²) in [6.07, 6.45) is 1.75. The number of fused-ring (bicyclic) bond motifs is 2. The van der Waals surface area contributed by atoms with Crippen molar-refractivity contribution in [3.63, 3.8) is 0 Å². The number of hydrogen-bond acceptors (Lipinski definition) is 3. The van der Waals surface area contributed by atoms with Crippen molar-refractivity contribution in [2.24, 2.45) is 0 Å². The van der Waals surface area contributed by atoms with Gasteiger partial charge in [0.1, 0.15) is 10.5 Å². The van der Waals surface area contributed by atoms with E-state index in [4.69, 9.17) is 0 Å². The van der Waals surface area contributed by atoms with Crippen LogP contribution in [0, 0.1) is 0 Å². The number of benzene rings is 1. The fourth-order valence-electron chi connectivity index (χ4n) is 2.29. The minimum absolute atomic E-state index is 0.0102. The lowest BCUT2D eigenvalue weighted by Gasteiger charge is -1.97. The Labute approximate surface area is 118 Å². The van der Waals surface area contributed by atoms with Gasteiger partial charge in [-0.15, -0.1) is 11.3 Å². The summed E-state index contributed by atoms with van der Waals surface area (Å²) in [6, 6.07) is 17.6. The van der Waals surface area contributed by atoms with Gasteiger partial charge in [-0.2, -0.15) is 0 Å². The molecule has 0 radical (unpaired) electrons. The Bertz CT molecular complexity index is 970. The molecule has 1 aromatic carbocycles. The molecule has 0 unspecified atom stereocenters. The standard InChI is InChI=1S/C16H10N2OS/c19-16-12-10-13(11-6-2-1-3-7-11)20-15(12)17-14-8-4-5-9-18(14)16/h1-10H. The molecular formula is C16H10N2OS. The van der Waals surface area contributed by atoms with E-state index in [1.165, 1.54) is 0 Å². The van der Waals surface area contributed by atoms with E-state index in [-0.39, 0.29) is 5.56 Å². The molecule has 3 heterocycles. The summed E-state index contributed by atoms with van der Waals surface area (Å²) in [4.78, 5) is 18.9. The van der Waals surface area contributed by atoms with Crippen LogP contribution in [0.15, 0.2) is 65.6 Å².